The van der Waals surface area contributed by atoms with Gasteiger partial charge in [-0.05, 0) is 41.2 Å². The monoisotopic (exact) mass is 337 g/mol. The van der Waals surface area contributed by atoms with Crippen molar-refractivity contribution in [3.05, 3.63) is 64.3 Å². The van der Waals surface area contributed by atoms with Crippen molar-refractivity contribution in [3.8, 4) is 0 Å². The minimum Gasteiger partial charge on any atom is -0.366 e. The van der Waals surface area contributed by atoms with E-state index in [2.05, 4.69) is 39.7 Å². The van der Waals surface area contributed by atoms with E-state index in [-0.39, 0.29) is 11.2 Å². The first kappa shape index (κ1) is 15.6. The topological polar surface area (TPSA) is 85.4 Å². The zero-order valence-electron chi connectivity index (χ0n) is 13.8. The van der Waals surface area contributed by atoms with Crippen molar-refractivity contribution in [1.29, 1.82) is 0 Å². The Kier molecular flexibility index (Phi) is 3.83. The van der Waals surface area contributed by atoms with Gasteiger partial charge in [0.1, 0.15) is 6.20 Å². The van der Waals surface area contributed by atoms with Crippen LogP contribution in [-0.4, -0.2) is 26.1 Å². The Morgan fingerprint density at radius 2 is 2.00 bits per heavy atom. The van der Waals surface area contributed by atoms with Gasteiger partial charge in [-0.2, -0.15) is 0 Å². The lowest BCUT2D eigenvalue weighted by atomic mass is 9.65. The molecule has 0 saturated heterocycles. The number of benzene rings is 1. The maximum Gasteiger partial charge on any atom is 0.368 e. The van der Waals surface area contributed by atoms with Gasteiger partial charge < -0.3 is 15.4 Å². The van der Waals surface area contributed by atoms with Crippen molar-refractivity contribution in [2.24, 2.45) is 5.41 Å². The summed E-state index contributed by atoms with van der Waals surface area (Å²) in [6.45, 7) is 0.808. The smallest absolute Gasteiger partial charge is 0.366 e. The molecule has 0 bridgehead atoms. The highest BCUT2D eigenvalue weighted by molar-refractivity contribution is 5.48. The molecule has 128 valence electrons. The van der Waals surface area contributed by atoms with Gasteiger partial charge in [0.2, 0.25) is 5.65 Å². The molecule has 2 aromatic heterocycles. The van der Waals surface area contributed by atoms with Gasteiger partial charge in [0.15, 0.2) is 5.82 Å². The molecule has 1 N–H and O–H groups in total. The van der Waals surface area contributed by atoms with Crippen LogP contribution in [0.25, 0.3) is 5.65 Å². The maximum atomic E-state index is 11.0. The molecule has 4 rings (SSSR count). The van der Waals surface area contributed by atoms with Gasteiger partial charge in [-0.15, -0.1) is 0 Å². The minimum absolute atomic E-state index is 0.124. The minimum atomic E-state index is -0.473. The van der Waals surface area contributed by atoms with E-state index < -0.39 is 4.92 Å². The first-order valence-corrected chi connectivity index (χ1v) is 8.42. The number of hydrogen-bond acceptors (Lipinski definition) is 5. The molecule has 3 aromatic rings. The second-order valence-electron chi connectivity index (χ2n) is 6.73. The fraction of sp³-hybridized carbons (Fsp3) is 0.333. The molecule has 0 amide bonds. The Morgan fingerprint density at radius 3 is 2.68 bits per heavy atom. The summed E-state index contributed by atoms with van der Waals surface area (Å²) < 4.78 is 1.27. The molecule has 1 aromatic carbocycles. The van der Waals surface area contributed by atoms with Gasteiger partial charge in [-0.25, -0.2) is 4.98 Å². The zero-order chi connectivity index (χ0) is 17.3. The van der Waals surface area contributed by atoms with Gasteiger partial charge >= 0.3 is 5.82 Å². The number of rotatable bonds is 6. The normalized spacial score (nSPS) is 15.7. The van der Waals surface area contributed by atoms with Crippen LogP contribution >= 0.6 is 0 Å². The zero-order valence-corrected chi connectivity index (χ0v) is 13.8. The Morgan fingerprint density at radius 1 is 1.20 bits per heavy atom. The summed E-state index contributed by atoms with van der Waals surface area (Å²) in [6.07, 6.45) is 5.88. The van der Waals surface area contributed by atoms with Crippen LogP contribution in [0.15, 0.2) is 48.7 Å². The number of nitro groups is 1. The predicted molar refractivity (Wildman–Crippen MR) is 94.6 cm³/mol. The number of anilines is 1. The van der Waals surface area contributed by atoms with Crippen LogP contribution in [0.1, 0.15) is 24.8 Å². The fourth-order valence-corrected chi connectivity index (χ4v) is 3.48. The van der Waals surface area contributed by atoms with Gasteiger partial charge in [0, 0.05) is 12.6 Å². The molecule has 25 heavy (non-hydrogen) atoms. The lowest BCUT2D eigenvalue weighted by Gasteiger charge is -2.42. The van der Waals surface area contributed by atoms with Gasteiger partial charge in [0.25, 0.3) is 0 Å². The maximum absolute atomic E-state index is 11.0. The van der Waals surface area contributed by atoms with Crippen molar-refractivity contribution in [2.45, 2.75) is 25.7 Å². The van der Waals surface area contributed by atoms with Crippen molar-refractivity contribution >= 4 is 17.3 Å². The Bertz CT molecular complexity index is 902. The van der Waals surface area contributed by atoms with Crippen molar-refractivity contribution < 1.29 is 4.92 Å². The van der Waals surface area contributed by atoms with E-state index in [4.69, 9.17) is 0 Å². The Balaban J connectivity index is 1.51. The Labute approximate surface area is 144 Å². The van der Waals surface area contributed by atoms with Crippen molar-refractivity contribution in [1.82, 2.24) is 14.6 Å². The Hall–Kier alpha value is -2.96. The van der Waals surface area contributed by atoms with Crippen LogP contribution in [0.5, 0.6) is 0 Å². The molecule has 0 spiro atoms. The molecule has 1 aliphatic carbocycles. The van der Waals surface area contributed by atoms with E-state index >= 15 is 0 Å². The summed E-state index contributed by atoms with van der Waals surface area (Å²) in [4.78, 5) is 14.6. The van der Waals surface area contributed by atoms with Crippen LogP contribution in [0.3, 0.4) is 0 Å². The van der Waals surface area contributed by atoms with Gasteiger partial charge in [-0.3, -0.25) is 0 Å². The summed E-state index contributed by atoms with van der Waals surface area (Å²) >= 11 is 0. The van der Waals surface area contributed by atoms with Crippen molar-refractivity contribution in [2.75, 3.05) is 11.9 Å². The van der Waals surface area contributed by atoms with Crippen LogP contribution < -0.4 is 5.32 Å². The third-order valence-electron chi connectivity index (χ3n) is 5.01. The number of imidazole rings is 1. The highest BCUT2D eigenvalue weighted by atomic mass is 16.6. The first-order chi connectivity index (χ1) is 12.2. The SMILES string of the molecule is O=[N+]([O-])c1cnc2ccc(NCC3(Cc4ccccc4)CCC3)nn12. The number of hydrogen-bond donors (Lipinski definition) is 1. The number of aromatic nitrogens is 3. The average Bonchev–Trinajstić information content (AvgIpc) is 3.01. The molecule has 1 aliphatic rings. The molecule has 0 radical (unpaired) electrons. The second kappa shape index (κ2) is 6.16. The highest BCUT2D eigenvalue weighted by Crippen LogP contribution is 2.43. The number of nitrogens with zero attached hydrogens (tertiary/aromatic N) is 4. The number of nitrogens with one attached hydrogen (secondary N) is 1. The fourth-order valence-electron chi connectivity index (χ4n) is 3.48. The van der Waals surface area contributed by atoms with E-state index in [0.29, 0.717) is 11.5 Å². The molecule has 1 fully saturated rings. The highest BCUT2D eigenvalue weighted by Gasteiger charge is 2.36. The molecule has 0 unspecified atom stereocenters. The standard InChI is InChI=1S/C18H19N5O2/c24-23(25)17-12-19-16-8-7-15(21-22(16)17)20-13-18(9-4-10-18)11-14-5-2-1-3-6-14/h1-3,5-8,12H,4,9-11,13H2,(H,20,21). The summed E-state index contributed by atoms with van der Waals surface area (Å²) in [6, 6.07) is 14.1. The lowest BCUT2D eigenvalue weighted by Crippen LogP contribution is -2.38. The molecule has 7 heteroatoms. The van der Waals surface area contributed by atoms with Gasteiger partial charge in [0.05, 0.1) is 0 Å². The molecule has 0 aliphatic heterocycles. The second-order valence-corrected chi connectivity index (χ2v) is 6.73. The third kappa shape index (κ3) is 3.05. The molecule has 1 saturated carbocycles. The predicted octanol–water partition coefficient (Wildman–Crippen LogP) is 3.46. The summed E-state index contributed by atoms with van der Waals surface area (Å²) in [5.41, 5.74) is 2.05. The van der Waals surface area contributed by atoms with Crippen LogP contribution in [0, 0.1) is 15.5 Å². The van der Waals surface area contributed by atoms with Crippen molar-refractivity contribution in [3.63, 3.8) is 0 Å². The molecular formula is C18H19N5O2. The molecular weight excluding hydrogens is 318 g/mol. The van der Waals surface area contributed by atoms with Crippen LogP contribution in [0.2, 0.25) is 0 Å². The van der Waals surface area contributed by atoms with E-state index in [9.17, 15) is 10.1 Å². The van der Waals surface area contributed by atoms with E-state index in [1.54, 1.807) is 6.07 Å². The largest absolute Gasteiger partial charge is 0.368 e. The van der Waals surface area contributed by atoms with Crippen LogP contribution in [-0.2, 0) is 6.42 Å². The van der Waals surface area contributed by atoms with Gasteiger partial charge in [-0.1, -0.05) is 46.4 Å². The lowest BCUT2D eigenvalue weighted by molar-refractivity contribution is -0.391. The number of fused-ring (bicyclic) bond motifs is 1. The molecule has 7 nitrogen and oxygen atoms in total. The quantitative estimate of drug-likeness (QED) is 0.550. The third-order valence-corrected chi connectivity index (χ3v) is 5.01. The van der Waals surface area contributed by atoms with E-state index in [1.165, 1.54) is 35.5 Å². The summed E-state index contributed by atoms with van der Waals surface area (Å²) in [5, 5.41) is 18.7. The van der Waals surface area contributed by atoms with Crippen LogP contribution in [0.4, 0.5) is 11.6 Å². The average molecular weight is 337 g/mol. The van der Waals surface area contributed by atoms with E-state index in [0.717, 1.165) is 13.0 Å². The molecule has 2 heterocycles. The summed E-state index contributed by atoms with van der Waals surface area (Å²) in [5.74, 6) is 0.509. The first-order valence-electron chi connectivity index (χ1n) is 8.42. The molecule has 0 atom stereocenters. The summed E-state index contributed by atoms with van der Waals surface area (Å²) in [7, 11) is 0. The van der Waals surface area contributed by atoms with E-state index in [1.807, 2.05) is 12.1 Å².